The maximum Gasteiger partial charge on any atom is 0.170 e. The van der Waals surface area contributed by atoms with E-state index in [0.717, 1.165) is 38.4 Å². The molecule has 6 heteroatoms. The number of nitrogens with zero attached hydrogens (tertiary/aromatic N) is 2. The molecule has 0 saturated carbocycles. The third-order valence-electron chi connectivity index (χ3n) is 3.20. The van der Waals surface area contributed by atoms with Crippen LogP contribution < -0.4 is 10.6 Å². The number of para-hydroxylation sites is 1. The standard InChI is InChI=1S/C15H22N4S.BrH/c1-2-18-11-12-19(13-18)10-6-9-16-15(20)17-14-7-4-3-5-8-14;/h3-5,7-8,11-12H,2,6,9-10,13H2,1H3,(H2,16,17,20);1H. The number of rotatable bonds is 6. The molecule has 1 aromatic rings. The molecule has 2 rings (SSSR count). The van der Waals surface area contributed by atoms with E-state index in [9.17, 15) is 0 Å². The van der Waals surface area contributed by atoms with Gasteiger partial charge in [-0.05, 0) is 37.7 Å². The van der Waals surface area contributed by atoms with E-state index in [1.165, 1.54) is 0 Å². The number of nitrogens with one attached hydrogen (secondary N) is 2. The molecule has 0 atom stereocenters. The second-order valence-electron chi connectivity index (χ2n) is 4.76. The highest BCUT2D eigenvalue weighted by Gasteiger charge is 2.09. The molecule has 2 N–H and O–H groups in total. The summed E-state index contributed by atoms with van der Waals surface area (Å²) < 4.78 is 0. The lowest BCUT2D eigenvalue weighted by Gasteiger charge is -2.20. The van der Waals surface area contributed by atoms with Crippen LogP contribution in [0.2, 0.25) is 0 Å². The number of hydrogen-bond donors (Lipinski definition) is 2. The monoisotopic (exact) mass is 370 g/mol. The average Bonchev–Trinajstić information content (AvgIpc) is 2.93. The van der Waals surface area contributed by atoms with Crippen molar-refractivity contribution in [1.29, 1.82) is 0 Å². The SMILES string of the molecule is Br.CCN1C=CN(CCCNC(=S)Nc2ccccc2)C1. The van der Waals surface area contributed by atoms with Crippen LogP contribution >= 0.6 is 29.2 Å². The van der Waals surface area contributed by atoms with Crippen molar-refractivity contribution in [3.05, 3.63) is 42.7 Å². The molecule has 1 aromatic carbocycles. The van der Waals surface area contributed by atoms with Crippen molar-refractivity contribution in [2.75, 3.05) is 31.6 Å². The van der Waals surface area contributed by atoms with Gasteiger partial charge in [0.25, 0.3) is 0 Å². The highest BCUT2D eigenvalue weighted by Crippen LogP contribution is 2.06. The number of hydrogen-bond acceptors (Lipinski definition) is 3. The first-order valence-corrected chi connectivity index (χ1v) is 7.45. The summed E-state index contributed by atoms with van der Waals surface area (Å²) in [6, 6.07) is 9.98. The molecule has 1 aliphatic rings. The van der Waals surface area contributed by atoms with Gasteiger partial charge in [0.2, 0.25) is 0 Å². The van der Waals surface area contributed by atoms with Crippen molar-refractivity contribution in [3.8, 4) is 0 Å². The van der Waals surface area contributed by atoms with E-state index in [-0.39, 0.29) is 17.0 Å². The zero-order valence-corrected chi connectivity index (χ0v) is 14.8. The van der Waals surface area contributed by atoms with Gasteiger partial charge < -0.3 is 20.4 Å². The van der Waals surface area contributed by atoms with Gasteiger partial charge in [0.1, 0.15) is 0 Å². The Balaban J connectivity index is 0.00000220. The summed E-state index contributed by atoms with van der Waals surface area (Å²) in [5, 5.41) is 7.09. The molecule has 0 radical (unpaired) electrons. The predicted molar refractivity (Wildman–Crippen MR) is 98.7 cm³/mol. The molecule has 4 nitrogen and oxygen atoms in total. The van der Waals surface area contributed by atoms with Gasteiger partial charge in [0.05, 0.1) is 6.67 Å². The maximum atomic E-state index is 5.26. The third kappa shape index (κ3) is 6.35. The summed E-state index contributed by atoms with van der Waals surface area (Å²) in [6.07, 6.45) is 5.37. The van der Waals surface area contributed by atoms with E-state index in [4.69, 9.17) is 12.2 Å². The van der Waals surface area contributed by atoms with Crippen LogP contribution in [-0.2, 0) is 0 Å². The molecule has 0 spiro atoms. The zero-order chi connectivity index (χ0) is 14.2. The Labute approximate surface area is 143 Å². The topological polar surface area (TPSA) is 30.5 Å². The fraction of sp³-hybridized carbons (Fsp3) is 0.400. The molecular formula is C15H23BrN4S. The highest BCUT2D eigenvalue weighted by molar-refractivity contribution is 8.93. The molecule has 0 amide bonds. The van der Waals surface area contributed by atoms with Crippen LogP contribution in [0.15, 0.2) is 42.7 Å². The second-order valence-corrected chi connectivity index (χ2v) is 5.17. The van der Waals surface area contributed by atoms with Gasteiger partial charge >= 0.3 is 0 Å². The lowest BCUT2D eigenvalue weighted by Crippen LogP contribution is -2.32. The van der Waals surface area contributed by atoms with Crippen LogP contribution in [0.5, 0.6) is 0 Å². The van der Waals surface area contributed by atoms with Crippen molar-refractivity contribution >= 4 is 40.0 Å². The fourth-order valence-electron chi connectivity index (χ4n) is 2.05. The molecule has 1 aliphatic heterocycles. The van der Waals surface area contributed by atoms with E-state index in [2.05, 4.69) is 39.8 Å². The molecule has 1 heterocycles. The van der Waals surface area contributed by atoms with Gasteiger partial charge in [-0.15, -0.1) is 17.0 Å². The van der Waals surface area contributed by atoms with Crippen LogP contribution in [0.4, 0.5) is 5.69 Å². The molecule has 0 saturated heterocycles. The summed E-state index contributed by atoms with van der Waals surface area (Å²) in [6.45, 7) is 6.17. The molecule has 0 unspecified atom stereocenters. The smallest absolute Gasteiger partial charge is 0.170 e. The normalized spacial score (nSPS) is 13.0. The summed E-state index contributed by atoms with van der Waals surface area (Å²) in [4.78, 5) is 4.61. The van der Waals surface area contributed by atoms with Gasteiger partial charge in [0, 0.05) is 37.7 Å². The predicted octanol–water partition coefficient (Wildman–Crippen LogP) is 3.01. The molecule has 0 fully saturated rings. The van der Waals surface area contributed by atoms with E-state index >= 15 is 0 Å². The van der Waals surface area contributed by atoms with Gasteiger partial charge in [0.15, 0.2) is 5.11 Å². The molecular weight excluding hydrogens is 348 g/mol. The van der Waals surface area contributed by atoms with E-state index in [0.29, 0.717) is 5.11 Å². The maximum absolute atomic E-state index is 5.26. The van der Waals surface area contributed by atoms with Crippen LogP contribution in [-0.4, -0.2) is 41.2 Å². The molecule has 0 aromatic heterocycles. The number of anilines is 1. The summed E-state index contributed by atoms with van der Waals surface area (Å²) in [5.41, 5.74) is 1.02. The van der Waals surface area contributed by atoms with Crippen LogP contribution in [0.1, 0.15) is 13.3 Å². The van der Waals surface area contributed by atoms with E-state index in [1.54, 1.807) is 0 Å². The lowest BCUT2D eigenvalue weighted by atomic mass is 10.3. The van der Waals surface area contributed by atoms with Crippen molar-refractivity contribution < 1.29 is 0 Å². The molecule has 0 aliphatic carbocycles. The fourth-order valence-corrected chi connectivity index (χ4v) is 2.27. The minimum absolute atomic E-state index is 0. The largest absolute Gasteiger partial charge is 0.362 e. The Kier molecular flexibility index (Phi) is 8.15. The minimum atomic E-state index is 0. The minimum Gasteiger partial charge on any atom is -0.362 e. The van der Waals surface area contributed by atoms with Crippen molar-refractivity contribution in [1.82, 2.24) is 15.1 Å². The number of thiocarbonyl (C=S) groups is 1. The molecule has 0 bridgehead atoms. The third-order valence-corrected chi connectivity index (χ3v) is 3.44. The average molecular weight is 371 g/mol. The van der Waals surface area contributed by atoms with E-state index in [1.807, 2.05) is 30.3 Å². The van der Waals surface area contributed by atoms with Crippen molar-refractivity contribution in [2.45, 2.75) is 13.3 Å². The van der Waals surface area contributed by atoms with Gasteiger partial charge in [-0.25, -0.2) is 0 Å². The Bertz CT molecular complexity index is 452. The Hall–Kier alpha value is -1.27. The molecule has 116 valence electrons. The lowest BCUT2D eigenvalue weighted by molar-refractivity contribution is 0.271. The van der Waals surface area contributed by atoms with Crippen LogP contribution in [0.25, 0.3) is 0 Å². The van der Waals surface area contributed by atoms with Gasteiger partial charge in [-0.2, -0.15) is 0 Å². The van der Waals surface area contributed by atoms with Crippen molar-refractivity contribution in [3.63, 3.8) is 0 Å². The van der Waals surface area contributed by atoms with Crippen molar-refractivity contribution in [2.24, 2.45) is 0 Å². The Morgan fingerprint density at radius 2 is 1.90 bits per heavy atom. The highest BCUT2D eigenvalue weighted by atomic mass is 79.9. The first kappa shape index (κ1) is 17.8. The van der Waals surface area contributed by atoms with E-state index < -0.39 is 0 Å². The van der Waals surface area contributed by atoms with Crippen LogP contribution in [0, 0.1) is 0 Å². The second kappa shape index (κ2) is 9.63. The Morgan fingerprint density at radius 1 is 1.19 bits per heavy atom. The number of halogens is 1. The quantitative estimate of drug-likeness (QED) is 0.593. The van der Waals surface area contributed by atoms with Gasteiger partial charge in [-0.3, -0.25) is 0 Å². The van der Waals surface area contributed by atoms with Crippen LogP contribution in [0.3, 0.4) is 0 Å². The summed E-state index contributed by atoms with van der Waals surface area (Å²) >= 11 is 5.26. The first-order valence-electron chi connectivity index (χ1n) is 7.04. The number of benzene rings is 1. The first-order chi connectivity index (χ1) is 9.78. The Morgan fingerprint density at radius 3 is 2.57 bits per heavy atom. The molecule has 21 heavy (non-hydrogen) atoms. The zero-order valence-electron chi connectivity index (χ0n) is 12.3. The summed E-state index contributed by atoms with van der Waals surface area (Å²) in [5.74, 6) is 0. The van der Waals surface area contributed by atoms with Gasteiger partial charge in [-0.1, -0.05) is 18.2 Å². The summed E-state index contributed by atoms with van der Waals surface area (Å²) in [7, 11) is 0.